The number of hydrogen-bond acceptors (Lipinski definition) is 3. The van der Waals surface area contributed by atoms with Crippen molar-refractivity contribution in [3.8, 4) is 22.9 Å². The van der Waals surface area contributed by atoms with Crippen LogP contribution in [0.15, 0.2) is 103 Å². The normalized spacial score (nSPS) is 11.4. The van der Waals surface area contributed by atoms with Crippen molar-refractivity contribution < 1.29 is 14.6 Å². The topological polar surface area (TPSA) is 70.3 Å². The molecule has 0 heterocycles. The molecular formula is C31H27NO3. The van der Waals surface area contributed by atoms with Gasteiger partial charge in [0.05, 0.1) is 17.6 Å². The van der Waals surface area contributed by atoms with Crippen LogP contribution >= 0.6 is 0 Å². The van der Waals surface area contributed by atoms with Crippen molar-refractivity contribution in [3.63, 3.8) is 0 Å². The molecule has 0 radical (unpaired) electrons. The van der Waals surface area contributed by atoms with Crippen molar-refractivity contribution in [2.24, 2.45) is 5.92 Å². The zero-order chi connectivity index (χ0) is 24.5. The van der Waals surface area contributed by atoms with Gasteiger partial charge in [-0.05, 0) is 71.3 Å². The van der Waals surface area contributed by atoms with E-state index < -0.39 is 11.9 Å². The highest BCUT2D eigenvalue weighted by atomic mass is 16.5. The van der Waals surface area contributed by atoms with Crippen LogP contribution < -0.4 is 4.74 Å². The second-order valence-corrected chi connectivity index (χ2v) is 8.59. The lowest BCUT2D eigenvalue weighted by molar-refractivity contribution is -0.141. The molecule has 4 aromatic rings. The van der Waals surface area contributed by atoms with E-state index in [1.54, 1.807) is 6.07 Å². The molecule has 0 aliphatic rings. The molecule has 0 aliphatic heterocycles. The first-order valence-electron chi connectivity index (χ1n) is 11.7. The number of nitrogens with zero attached hydrogens (tertiary/aromatic N) is 1. The Bertz CT molecular complexity index is 1290. The second-order valence-electron chi connectivity index (χ2n) is 8.59. The highest BCUT2D eigenvalue weighted by Gasteiger charge is 2.18. The number of aliphatic carboxylic acids is 1. The molecule has 0 bridgehead atoms. The third-order valence-corrected chi connectivity index (χ3v) is 6.06. The van der Waals surface area contributed by atoms with E-state index in [9.17, 15) is 9.90 Å². The largest absolute Gasteiger partial charge is 0.489 e. The molecule has 4 heteroatoms. The summed E-state index contributed by atoms with van der Waals surface area (Å²) in [6.07, 6.45) is 1.73. The molecular weight excluding hydrogens is 434 g/mol. The molecule has 1 unspecified atom stereocenters. The van der Waals surface area contributed by atoms with E-state index in [0.717, 1.165) is 33.6 Å². The number of hydrogen-bond donors (Lipinski definition) is 1. The lowest BCUT2D eigenvalue weighted by Gasteiger charge is -2.13. The summed E-state index contributed by atoms with van der Waals surface area (Å²) in [7, 11) is 0. The van der Waals surface area contributed by atoms with E-state index in [4.69, 9.17) is 10.00 Å². The number of rotatable bonds is 10. The Morgan fingerprint density at radius 3 is 2.20 bits per heavy atom. The smallest absolute Gasteiger partial charge is 0.306 e. The van der Waals surface area contributed by atoms with Crippen molar-refractivity contribution in [1.29, 1.82) is 5.26 Å². The van der Waals surface area contributed by atoms with Gasteiger partial charge in [-0.1, -0.05) is 78.9 Å². The Morgan fingerprint density at radius 2 is 1.51 bits per heavy atom. The summed E-state index contributed by atoms with van der Waals surface area (Å²) in [6, 6.07) is 35.5. The summed E-state index contributed by atoms with van der Waals surface area (Å²) in [4.78, 5) is 11.9. The molecule has 0 amide bonds. The van der Waals surface area contributed by atoms with E-state index in [2.05, 4.69) is 6.07 Å². The Labute approximate surface area is 206 Å². The monoisotopic (exact) mass is 461 g/mol. The molecule has 0 saturated carbocycles. The fourth-order valence-electron chi connectivity index (χ4n) is 4.03. The van der Waals surface area contributed by atoms with Gasteiger partial charge in [0, 0.05) is 0 Å². The maximum Gasteiger partial charge on any atom is 0.306 e. The fraction of sp³-hybridized carbons (Fsp3) is 0.161. The average Bonchev–Trinajstić information content (AvgIpc) is 2.91. The summed E-state index contributed by atoms with van der Waals surface area (Å²) < 4.78 is 5.83. The minimum absolute atomic E-state index is 0.460. The number of carboxylic acid groups (broad SMARTS) is 1. The Morgan fingerprint density at radius 1 is 0.800 bits per heavy atom. The van der Waals surface area contributed by atoms with Gasteiger partial charge < -0.3 is 9.84 Å². The summed E-state index contributed by atoms with van der Waals surface area (Å²) in [5.41, 5.74) is 5.85. The minimum atomic E-state index is -0.778. The van der Waals surface area contributed by atoms with E-state index in [0.29, 0.717) is 31.4 Å². The van der Waals surface area contributed by atoms with E-state index >= 15 is 0 Å². The number of benzene rings is 4. The first kappa shape index (κ1) is 23.8. The standard InChI is InChI=1S/C31H27NO3/c32-21-26-7-4-8-28(20-26)27-14-9-23(10-15-27)11-16-29(31(33)34)19-24-12-17-30(18-13-24)35-22-25-5-2-1-3-6-25/h1-10,12-15,17-18,20,29H,11,16,19,22H2,(H,33,34). The van der Waals surface area contributed by atoms with Gasteiger partial charge in [-0.15, -0.1) is 0 Å². The van der Waals surface area contributed by atoms with Gasteiger partial charge >= 0.3 is 5.97 Å². The van der Waals surface area contributed by atoms with Crippen LogP contribution in [0.1, 0.15) is 28.7 Å². The molecule has 4 rings (SSSR count). The number of ether oxygens (including phenoxy) is 1. The molecule has 4 nitrogen and oxygen atoms in total. The molecule has 0 spiro atoms. The third kappa shape index (κ3) is 6.82. The van der Waals surface area contributed by atoms with Crippen molar-refractivity contribution in [2.75, 3.05) is 0 Å². The summed E-state index contributed by atoms with van der Waals surface area (Å²) >= 11 is 0. The summed E-state index contributed by atoms with van der Waals surface area (Å²) in [5, 5.41) is 18.9. The molecule has 1 N–H and O–H groups in total. The Kier molecular flexibility index (Phi) is 7.93. The molecule has 0 fully saturated rings. The van der Waals surface area contributed by atoms with Crippen molar-refractivity contribution in [3.05, 3.63) is 125 Å². The zero-order valence-electron chi connectivity index (χ0n) is 19.4. The maximum absolute atomic E-state index is 11.9. The Hall–Kier alpha value is -4.36. The van der Waals surface area contributed by atoms with Crippen LogP contribution in [0, 0.1) is 17.2 Å². The lowest BCUT2D eigenvalue weighted by atomic mass is 9.92. The predicted molar refractivity (Wildman–Crippen MR) is 137 cm³/mol. The number of carboxylic acids is 1. The van der Waals surface area contributed by atoms with Gasteiger partial charge in [0.1, 0.15) is 12.4 Å². The van der Waals surface area contributed by atoms with Gasteiger partial charge in [-0.3, -0.25) is 4.79 Å². The average molecular weight is 462 g/mol. The van der Waals surface area contributed by atoms with Crippen LogP contribution in [0.25, 0.3) is 11.1 Å². The van der Waals surface area contributed by atoms with Gasteiger partial charge in [0.25, 0.3) is 0 Å². The summed E-state index contributed by atoms with van der Waals surface area (Å²) in [5.74, 6) is -0.470. The third-order valence-electron chi connectivity index (χ3n) is 6.06. The quantitative estimate of drug-likeness (QED) is 0.286. The fourth-order valence-corrected chi connectivity index (χ4v) is 4.03. The SMILES string of the molecule is N#Cc1cccc(-c2ccc(CCC(Cc3ccc(OCc4ccccc4)cc3)C(=O)O)cc2)c1. The number of nitriles is 1. The second kappa shape index (κ2) is 11.7. The van der Waals surface area contributed by atoms with Crippen LogP contribution in [0.5, 0.6) is 5.75 Å². The van der Waals surface area contributed by atoms with Crippen molar-refractivity contribution in [1.82, 2.24) is 0 Å². The Balaban J connectivity index is 1.32. The molecule has 174 valence electrons. The first-order chi connectivity index (χ1) is 17.1. The number of aryl methyl sites for hydroxylation is 1. The van der Waals surface area contributed by atoms with Crippen LogP contribution in [0.3, 0.4) is 0 Å². The lowest BCUT2D eigenvalue weighted by Crippen LogP contribution is -2.17. The van der Waals surface area contributed by atoms with Gasteiger partial charge in [-0.2, -0.15) is 5.26 Å². The van der Waals surface area contributed by atoms with Gasteiger partial charge in [0.15, 0.2) is 0 Å². The predicted octanol–water partition coefficient (Wildman–Crippen LogP) is 6.68. The molecule has 0 aromatic heterocycles. The van der Waals surface area contributed by atoms with Crippen molar-refractivity contribution >= 4 is 5.97 Å². The molecule has 0 aliphatic carbocycles. The minimum Gasteiger partial charge on any atom is -0.489 e. The van der Waals surface area contributed by atoms with Crippen LogP contribution in [-0.2, 0) is 24.2 Å². The molecule has 1 atom stereocenters. The molecule has 0 saturated heterocycles. The van der Waals surface area contributed by atoms with Crippen molar-refractivity contribution in [2.45, 2.75) is 25.9 Å². The van der Waals surface area contributed by atoms with Crippen LogP contribution in [-0.4, -0.2) is 11.1 Å². The zero-order valence-corrected chi connectivity index (χ0v) is 19.4. The van der Waals surface area contributed by atoms with Gasteiger partial charge in [0.2, 0.25) is 0 Å². The van der Waals surface area contributed by atoms with Gasteiger partial charge in [-0.25, -0.2) is 0 Å². The van der Waals surface area contributed by atoms with Crippen LogP contribution in [0.2, 0.25) is 0 Å². The molecule has 4 aromatic carbocycles. The van der Waals surface area contributed by atoms with E-state index in [-0.39, 0.29) is 0 Å². The highest BCUT2D eigenvalue weighted by molar-refractivity contribution is 5.70. The number of carbonyl (C=O) groups is 1. The van der Waals surface area contributed by atoms with E-state index in [1.807, 2.05) is 97.1 Å². The maximum atomic E-state index is 11.9. The van der Waals surface area contributed by atoms with E-state index in [1.165, 1.54) is 0 Å². The summed E-state index contributed by atoms with van der Waals surface area (Å²) in [6.45, 7) is 0.500. The van der Waals surface area contributed by atoms with Crippen LogP contribution in [0.4, 0.5) is 0 Å². The highest BCUT2D eigenvalue weighted by Crippen LogP contribution is 2.23. The molecule has 35 heavy (non-hydrogen) atoms. The first-order valence-corrected chi connectivity index (χ1v) is 11.7.